The standard InChI is InChI=1S/C13H22N4O3/c1-9(2)10-11(17(19)20)12(15(4)14-10)16-7-5-13(3,18)6-8-16/h9,18H,5-8H2,1-4H3. The van der Waals surface area contributed by atoms with Crippen LogP contribution in [0.1, 0.15) is 45.2 Å². The maximum atomic E-state index is 11.4. The van der Waals surface area contributed by atoms with Gasteiger partial charge in [-0.15, -0.1) is 0 Å². The number of aryl methyl sites for hydroxylation is 1. The number of anilines is 1. The van der Waals surface area contributed by atoms with Crippen molar-refractivity contribution in [1.82, 2.24) is 9.78 Å². The van der Waals surface area contributed by atoms with Crippen molar-refractivity contribution in [3.05, 3.63) is 15.8 Å². The summed E-state index contributed by atoms with van der Waals surface area (Å²) in [4.78, 5) is 13.0. The van der Waals surface area contributed by atoms with E-state index in [-0.39, 0.29) is 16.5 Å². The molecule has 1 aromatic rings. The van der Waals surface area contributed by atoms with E-state index in [1.54, 1.807) is 11.7 Å². The molecule has 7 nitrogen and oxygen atoms in total. The zero-order valence-electron chi connectivity index (χ0n) is 12.5. The van der Waals surface area contributed by atoms with Crippen LogP contribution in [0.3, 0.4) is 0 Å². The van der Waals surface area contributed by atoms with Gasteiger partial charge in [-0.05, 0) is 19.8 Å². The van der Waals surface area contributed by atoms with Crippen LogP contribution in [-0.2, 0) is 7.05 Å². The zero-order valence-corrected chi connectivity index (χ0v) is 12.5. The van der Waals surface area contributed by atoms with Gasteiger partial charge in [0.1, 0.15) is 5.69 Å². The first-order valence-corrected chi connectivity index (χ1v) is 6.91. The van der Waals surface area contributed by atoms with Gasteiger partial charge in [0.25, 0.3) is 0 Å². The molecule has 0 aliphatic carbocycles. The minimum absolute atomic E-state index is 0.00301. The molecule has 1 aliphatic rings. The van der Waals surface area contributed by atoms with Gasteiger partial charge in [0, 0.05) is 26.1 Å². The summed E-state index contributed by atoms with van der Waals surface area (Å²) in [5, 5.41) is 25.7. The van der Waals surface area contributed by atoms with E-state index in [4.69, 9.17) is 0 Å². The highest BCUT2D eigenvalue weighted by atomic mass is 16.6. The number of hydrogen-bond donors (Lipinski definition) is 1. The molecule has 0 saturated carbocycles. The Hall–Kier alpha value is -1.63. The summed E-state index contributed by atoms with van der Waals surface area (Å²) in [6.45, 7) is 6.82. The Morgan fingerprint density at radius 3 is 2.40 bits per heavy atom. The minimum Gasteiger partial charge on any atom is -0.390 e. The lowest BCUT2D eigenvalue weighted by molar-refractivity contribution is -0.385. The molecule has 0 radical (unpaired) electrons. The van der Waals surface area contributed by atoms with Crippen molar-refractivity contribution in [2.75, 3.05) is 18.0 Å². The van der Waals surface area contributed by atoms with Gasteiger partial charge in [-0.3, -0.25) is 10.1 Å². The molecule has 1 fully saturated rings. The number of aliphatic hydroxyl groups is 1. The van der Waals surface area contributed by atoms with Crippen LogP contribution in [0.25, 0.3) is 0 Å². The van der Waals surface area contributed by atoms with Gasteiger partial charge in [-0.25, -0.2) is 4.68 Å². The van der Waals surface area contributed by atoms with Crippen molar-refractivity contribution in [3.63, 3.8) is 0 Å². The molecule has 2 heterocycles. The first-order valence-electron chi connectivity index (χ1n) is 6.91. The van der Waals surface area contributed by atoms with E-state index < -0.39 is 5.60 Å². The summed E-state index contributed by atoms with van der Waals surface area (Å²) in [7, 11) is 1.74. The molecule has 2 rings (SSSR count). The normalized spacial score (nSPS) is 18.6. The fourth-order valence-electron chi connectivity index (χ4n) is 2.64. The predicted molar refractivity (Wildman–Crippen MR) is 76.0 cm³/mol. The summed E-state index contributed by atoms with van der Waals surface area (Å²) < 4.78 is 1.59. The Morgan fingerprint density at radius 2 is 1.95 bits per heavy atom. The molecule has 20 heavy (non-hydrogen) atoms. The van der Waals surface area contributed by atoms with E-state index in [0.29, 0.717) is 37.4 Å². The van der Waals surface area contributed by atoms with Gasteiger partial charge in [-0.1, -0.05) is 13.8 Å². The van der Waals surface area contributed by atoms with E-state index in [0.717, 1.165) is 0 Å². The number of hydrogen-bond acceptors (Lipinski definition) is 5. The lowest BCUT2D eigenvalue weighted by atomic mass is 9.94. The second-order valence-corrected chi connectivity index (χ2v) is 6.08. The molecular formula is C13H22N4O3. The molecule has 0 amide bonds. The fourth-order valence-corrected chi connectivity index (χ4v) is 2.64. The largest absolute Gasteiger partial charge is 0.390 e. The summed E-state index contributed by atoms with van der Waals surface area (Å²) in [5.74, 6) is 0.553. The van der Waals surface area contributed by atoms with Crippen molar-refractivity contribution in [1.29, 1.82) is 0 Å². The van der Waals surface area contributed by atoms with Crippen LogP contribution in [0.15, 0.2) is 0 Å². The molecule has 0 atom stereocenters. The molecule has 1 aromatic heterocycles. The van der Waals surface area contributed by atoms with Crippen LogP contribution in [0.4, 0.5) is 11.5 Å². The van der Waals surface area contributed by atoms with Gasteiger partial charge in [0.05, 0.1) is 10.5 Å². The Balaban J connectivity index is 2.39. The third-order valence-corrected chi connectivity index (χ3v) is 3.89. The maximum absolute atomic E-state index is 11.4. The van der Waals surface area contributed by atoms with Crippen LogP contribution >= 0.6 is 0 Å². The van der Waals surface area contributed by atoms with Crippen LogP contribution in [0, 0.1) is 10.1 Å². The van der Waals surface area contributed by atoms with Gasteiger partial charge in [0.2, 0.25) is 5.82 Å². The minimum atomic E-state index is -0.676. The summed E-state index contributed by atoms with van der Waals surface area (Å²) in [6.07, 6.45) is 1.21. The SMILES string of the molecule is CC(C)c1nn(C)c(N2CCC(C)(O)CC2)c1[N+](=O)[O-]. The average Bonchev–Trinajstić information content (AvgIpc) is 2.67. The van der Waals surface area contributed by atoms with E-state index in [1.165, 1.54) is 0 Å². The van der Waals surface area contributed by atoms with Crippen LogP contribution in [0.5, 0.6) is 0 Å². The zero-order chi connectivity index (χ0) is 15.1. The molecular weight excluding hydrogens is 260 g/mol. The number of aromatic nitrogens is 2. The average molecular weight is 282 g/mol. The number of nitro groups is 1. The lowest BCUT2D eigenvalue weighted by Gasteiger charge is -2.36. The van der Waals surface area contributed by atoms with Crippen LogP contribution < -0.4 is 4.90 Å². The second kappa shape index (κ2) is 5.05. The molecule has 0 bridgehead atoms. The predicted octanol–water partition coefficient (Wildman–Crippen LogP) is 1.80. The number of rotatable bonds is 3. The molecule has 0 unspecified atom stereocenters. The summed E-state index contributed by atoms with van der Waals surface area (Å²) in [6, 6.07) is 0. The van der Waals surface area contributed by atoms with Crippen molar-refractivity contribution in [2.24, 2.45) is 7.05 Å². The lowest BCUT2D eigenvalue weighted by Crippen LogP contribution is -2.43. The number of nitrogens with zero attached hydrogens (tertiary/aromatic N) is 4. The van der Waals surface area contributed by atoms with E-state index in [1.807, 2.05) is 25.7 Å². The Morgan fingerprint density at radius 1 is 1.40 bits per heavy atom. The van der Waals surface area contributed by atoms with Crippen LogP contribution in [0.2, 0.25) is 0 Å². The van der Waals surface area contributed by atoms with E-state index >= 15 is 0 Å². The molecule has 0 spiro atoms. The van der Waals surface area contributed by atoms with Crippen molar-refractivity contribution < 1.29 is 10.0 Å². The fraction of sp³-hybridized carbons (Fsp3) is 0.769. The second-order valence-electron chi connectivity index (χ2n) is 6.08. The van der Waals surface area contributed by atoms with E-state index in [2.05, 4.69) is 5.10 Å². The Kier molecular flexibility index (Phi) is 3.73. The first kappa shape index (κ1) is 14.8. The van der Waals surface area contributed by atoms with E-state index in [9.17, 15) is 15.2 Å². The molecule has 112 valence electrons. The highest BCUT2D eigenvalue weighted by Gasteiger charge is 2.35. The Bertz CT molecular complexity index is 512. The molecule has 7 heteroatoms. The monoisotopic (exact) mass is 282 g/mol. The Labute approximate surface area is 118 Å². The maximum Gasteiger partial charge on any atom is 0.334 e. The number of piperidine rings is 1. The summed E-state index contributed by atoms with van der Waals surface area (Å²) >= 11 is 0. The van der Waals surface area contributed by atoms with Crippen molar-refractivity contribution in [3.8, 4) is 0 Å². The molecule has 1 aliphatic heterocycles. The van der Waals surface area contributed by atoms with Crippen LogP contribution in [-0.4, -0.2) is 38.5 Å². The third-order valence-electron chi connectivity index (χ3n) is 3.89. The summed E-state index contributed by atoms with van der Waals surface area (Å²) in [5.41, 5.74) is -0.0565. The molecule has 1 saturated heterocycles. The van der Waals surface area contributed by atoms with Gasteiger partial charge >= 0.3 is 5.69 Å². The van der Waals surface area contributed by atoms with Gasteiger partial charge in [-0.2, -0.15) is 5.10 Å². The molecule has 1 N–H and O–H groups in total. The highest BCUT2D eigenvalue weighted by Crippen LogP contribution is 2.37. The molecule has 0 aromatic carbocycles. The quantitative estimate of drug-likeness (QED) is 0.675. The van der Waals surface area contributed by atoms with Gasteiger partial charge < -0.3 is 10.0 Å². The van der Waals surface area contributed by atoms with Crippen molar-refractivity contribution in [2.45, 2.75) is 45.1 Å². The third kappa shape index (κ3) is 2.63. The topological polar surface area (TPSA) is 84.4 Å². The van der Waals surface area contributed by atoms with Gasteiger partial charge in [0.15, 0.2) is 0 Å². The first-order chi connectivity index (χ1) is 9.23. The smallest absolute Gasteiger partial charge is 0.334 e. The highest BCUT2D eigenvalue weighted by molar-refractivity contribution is 5.62. The van der Waals surface area contributed by atoms with Crippen molar-refractivity contribution >= 4 is 11.5 Å².